The average Bonchev–Trinajstić information content (AvgIpc) is 3.18. The topological polar surface area (TPSA) is 96.8 Å². The summed E-state index contributed by atoms with van der Waals surface area (Å²) < 4.78 is 29.6. The molecule has 0 saturated carbocycles. The van der Waals surface area contributed by atoms with Crippen molar-refractivity contribution in [3.05, 3.63) is 30.5 Å². The van der Waals surface area contributed by atoms with Crippen molar-refractivity contribution in [1.82, 2.24) is 23.6 Å². The van der Waals surface area contributed by atoms with Gasteiger partial charge in [-0.1, -0.05) is 0 Å². The summed E-state index contributed by atoms with van der Waals surface area (Å²) in [7, 11) is -1.83. The molecular weight excluding hydrogens is 292 g/mol. The van der Waals surface area contributed by atoms with Crippen LogP contribution in [0.3, 0.4) is 0 Å². The molecule has 1 fully saturated rings. The van der Waals surface area contributed by atoms with Crippen molar-refractivity contribution in [2.24, 2.45) is 7.05 Å². The first-order chi connectivity index (χ1) is 10.0. The fourth-order valence-corrected chi connectivity index (χ4v) is 3.85. The molecule has 1 aliphatic heterocycles. The fourth-order valence-electron chi connectivity index (χ4n) is 2.39. The molecule has 0 spiro atoms. The van der Waals surface area contributed by atoms with Crippen molar-refractivity contribution < 1.29 is 8.42 Å². The van der Waals surface area contributed by atoms with Crippen LogP contribution in [0.2, 0.25) is 0 Å². The van der Waals surface area contributed by atoms with Gasteiger partial charge < -0.3 is 4.57 Å². The summed E-state index contributed by atoms with van der Waals surface area (Å²) in [6.07, 6.45) is 6.74. The van der Waals surface area contributed by atoms with Crippen LogP contribution in [0.25, 0.3) is 0 Å². The lowest BCUT2D eigenvalue weighted by Gasteiger charge is -2.15. The predicted molar refractivity (Wildman–Crippen MR) is 72.6 cm³/mol. The van der Waals surface area contributed by atoms with Crippen LogP contribution in [0.1, 0.15) is 18.0 Å². The minimum absolute atomic E-state index is 0.0504. The number of sulfonamides is 1. The molecule has 0 aliphatic carbocycles. The van der Waals surface area contributed by atoms with Crippen LogP contribution in [0.5, 0.6) is 0 Å². The molecule has 9 heteroatoms. The van der Waals surface area contributed by atoms with Crippen molar-refractivity contribution in [3.8, 4) is 6.07 Å². The van der Waals surface area contributed by atoms with E-state index in [1.807, 2.05) is 6.07 Å². The molecule has 21 heavy (non-hydrogen) atoms. The Kier molecular flexibility index (Phi) is 3.27. The molecule has 2 aromatic rings. The Labute approximate surface area is 122 Å². The van der Waals surface area contributed by atoms with Crippen molar-refractivity contribution in [1.29, 1.82) is 5.26 Å². The van der Waals surface area contributed by atoms with Gasteiger partial charge in [-0.05, 0) is 6.42 Å². The standard InChI is InChI=1S/C12H14N6O2S/c1-16-8-12(14-9-16)21(19,20)17-3-2-11(7-17)18-6-10(4-13)5-15-18/h5-6,8-9,11H,2-3,7H2,1H3. The Morgan fingerprint density at radius 2 is 2.24 bits per heavy atom. The molecule has 0 amide bonds. The molecule has 1 aliphatic rings. The summed E-state index contributed by atoms with van der Waals surface area (Å²) in [5.74, 6) is 0. The quantitative estimate of drug-likeness (QED) is 0.802. The molecule has 110 valence electrons. The Morgan fingerprint density at radius 1 is 1.43 bits per heavy atom. The van der Waals surface area contributed by atoms with Gasteiger partial charge in [0.25, 0.3) is 10.0 Å². The summed E-state index contributed by atoms with van der Waals surface area (Å²) in [6, 6.07) is 1.96. The minimum atomic E-state index is -3.56. The highest BCUT2D eigenvalue weighted by molar-refractivity contribution is 7.89. The van der Waals surface area contributed by atoms with E-state index in [4.69, 9.17) is 5.26 Å². The number of hydrogen-bond acceptors (Lipinski definition) is 5. The summed E-state index contributed by atoms with van der Waals surface area (Å²) in [5.41, 5.74) is 0.473. The van der Waals surface area contributed by atoms with Crippen LogP contribution in [-0.4, -0.2) is 45.1 Å². The SMILES string of the molecule is Cn1cnc(S(=O)(=O)N2CCC(n3cc(C#N)cn3)C2)c1. The van der Waals surface area contributed by atoms with E-state index in [0.29, 0.717) is 25.1 Å². The molecule has 1 saturated heterocycles. The maximum Gasteiger partial charge on any atom is 0.262 e. The minimum Gasteiger partial charge on any atom is -0.339 e. The van der Waals surface area contributed by atoms with E-state index in [0.717, 1.165) is 0 Å². The Hall–Kier alpha value is -2.18. The second-order valence-corrected chi connectivity index (χ2v) is 6.89. The molecule has 0 aromatic carbocycles. The second kappa shape index (κ2) is 4.98. The largest absolute Gasteiger partial charge is 0.339 e. The number of nitriles is 1. The molecular formula is C12H14N6O2S. The summed E-state index contributed by atoms with van der Waals surface area (Å²) in [6.45, 7) is 0.761. The van der Waals surface area contributed by atoms with Crippen LogP contribution < -0.4 is 0 Å². The third-order valence-electron chi connectivity index (χ3n) is 3.52. The molecule has 2 aromatic heterocycles. The van der Waals surface area contributed by atoms with Gasteiger partial charge in [0.2, 0.25) is 0 Å². The third kappa shape index (κ3) is 2.43. The lowest BCUT2D eigenvalue weighted by Crippen LogP contribution is -2.29. The maximum absolute atomic E-state index is 12.5. The zero-order chi connectivity index (χ0) is 15.0. The van der Waals surface area contributed by atoms with Gasteiger partial charge in [0, 0.05) is 32.5 Å². The smallest absolute Gasteiger partial charge is 0.262 e. The molecule has 8 nitrogen and oxygen atoms in total. The Morgan fingerprint density at radius 3 is 2.86 bits per heavy atom. The highest BCUT2D eigenvalue weighted by atomic mass is 32.2. The Balaban J connectivity index is 1.79. The van der Waals surface area contributed by atoms with E-state index in [-0.39, 0.29) is 11.1 Å². The molecule has 3 rings (SSSR count). The van der Waals surface area contributed by atoms with Crippen LogP contribution in [0.4, 0.5) is 0 Å². The molecule has 0 radical (unpaired) electrons. The molecule has 0 bridgehead atoms. The molecule has 3 heterocycles. The van der Waals surface area contributed by atoms with Crippen molar-refractivity contribution in [2.75, 3.05) is 13.1 Å². The highest BCUT2D eigenvalue weighted by Crippen LogP contribution is 2.26. The van der Waals surface area contributed by atoms with Gasteiger partial charge in [-0.25, -0.2) is 13.4 Å². The Bertz CT molecular complexity index is 800. The zero-order valence-corrected chi connectivity index (χ0v) is 12.2. The first kappa shape index (κ1) is 13.8. The van der Waals surface area contributed by atoms with E-state index < -0.39 is 10.0 Å². The molecule has 0 N–H and O–H groups in total. The van der Waals surface area contributed by atoms with Gasteiger partial charge in [0.1, 0.15) is 6.07 Å². The van der Waals surface area contributed by atoms with E-state index in [9.17, 15) is 8.42 Å². The maximum atomic E-state index is 12.5. The molecule has 1 unspecified atom stereocenters. The van der Waals surface area contributed by atoms with Gasteiger partial charge >= 0.3 is 0 Å². The van der Waals surface area contributed by atoms with Gasteiger partial charge in [0.15, 0.2) is 5.03 Å². The van der Waals surface area contributed by atoms with E-state index >= 15 is 0 Å². The van der Waals surface area contributed by atoms with Gasteiger partial charge in [-0.15, -0.1) is 0 Å². The summed E-state index contributed by atoms with van der Waals surface area (Å²) >= 11 is 0. The van der Waals surface area contributed by atoms with Crippen LogP contribution >= 0.6 is 0 Å². The zero-order valence-electron chi connectivity index (χ0n) is 11.4. The lowest BCUT2D eigenvalue weighted by molar-refractivity contribution is 0.433. The first-order valence-electron chi connectivity index (χ1n) is 6.43. The summed E-state index contributed by atoms with van der Waals surface area (Å²) in [5, 5.41) is 13.0. The van der Waals surface area contributed by atoms with Crippen LogP contribution in [0.15, 0.2) is 29.9 Å². The van der Waals surface area contributed by atoms with E-state index in [1.165, 1.54) is 23.0 Å². The second-order valence-electron chi connectivity index (χ2n) is 5.00. The average molecular weight is 306 g/mol. The fraction of sp³-hybridized carbons (Fsp3) is 0.417. The van der Waals surface area contributed by atoms with Gasteiger partial charge in [-0.3, -0.25) is 4.68 Å². The van der Waals surface area contributed by atoms with E-state index in [2.05, 4.69) is 10.1 Å². The normalized spacial score (nSPS) is 19.7. The van der Waals surface area contributed by atoms with Crippen molar-refractivity contribution in [3.63, 3.8) is 0 Å². The number of imidazole rings is 1. The number of nitrogens with zero attached hydrogens (tertiary/aromatic N) is 6. The van der Waals surface area contributed by atoms with Gasteiger partial charge in [-0.2, -0.15) is 14.7 Å². The number of hydrogen-bond donors (Lipinski definition) is 0. The van der Waals surface area contributed by atoms with Crippen molar-refractivity contribution in [2.45, 2.75) is 17.5 Å². The van der Waals surface area contributed by atoms with Crippen LogP contribution in [-0.2, 0) is 17.1 Å². The number of aryl methyl sites for hydroxylation is 1. The number of rotatable bonds is 3. The summed E-state index contributed by atoms with van der Waals surface area (Å²) in [4.78, 5) is 3.92. The monoisotopic (exact) mass is 306 g/mol. The predicted octanol–water partition coefficient (Wildman–Crippen LogP) is 0.124. The highest BCUT2D eigenvalue weighted by Gasteiger charge is 2.34. The van der Waals surface area contributed by atoms with Crippen molar-refractivity contribution >= 4 is 10.0 Å². The van der Waals surface area contributed by atoms with Crippen LogP contribution in [0, 0.1) is 11.3 Å². The lowest BCUT2D eigenvalue weighted by atomic mass is 10.3. The first-order valence-corrected chi connectivity index (χ1v) is 7.87. The van der Waals surface area contributed by atoms with Gasteiger partial charge in [0.05, 0.1) is 24.1 Å². The van der Waals surface area contributed by atoms with E-state index in [1.54, 1.807) is 22.5 Å². The number of aromatic nitrogens is 4. The third-order valence-corrected chi connectivity index (χ3v) is 5.27. The molecule has 1 atom stereocenters.